The lowest BCUT2D eigenvalue weighted by atomic mass is 9.82. The molecule has 0 radical (unpaired) electrons. The van der Waals surface area contributed by atoms with Gasteiger partial charge in [0.2, 0.25) is 5.78 Å². The number of benzene rings is 2. The maximum Gasteiger partial charge on any atom is 0.311 e. The number of carbonyl (C=O) groups is 2. The Morgan fingerprint density at radius 3 is 2.74 bits per heavy atom. The van der Waals surface area contributed by atoms with Crippen molar-refractivity contribution in [1.82, 2.24) is 10.7 Å². The van der Waals surface area contributed by atoms with Crippen LogP contribution in [0, 0.1) is 0 Å². The van der Waals surface area contributed by atoms with Crippen molar-refractivity contribution in [2.24, 2.45) is 5.10 Å². The topological polar surface area (TPSA) is 100 Å². The van der Waals surface area contributed by atoms with Crippen LogP contribution in [0.5, 0.6) is 11.5 Å². The Hall–Kier alpha value is -3.61. The quantitative estimate of drug-likeness (QED) is 0.299. The van der Waals surface area contributed by atoms with Crippen molar-refractivity contribution in [2.45, 2.75) is 37.6 Å². The second-order valence-electron chi connectivity index (χ2n) is 8.00. The third kappa shape index (κ3) is 4.45. The summed E-state index contributed by atoms with van der Waals surface area (Å²) >= 11 is 0. The van der Waals surface area contributed by atoms with Crippen LogP contribution in [-0.2, 0) is 16.0 Å². The van der Waals surface area contributed by atoms with Crippen LogP contribution in [0.4, 0.5) is 0 Å². The number of rotatable bonds is 5. The smallest absolute Gasteiger partial charge is 0.311 e. The fourth-order valence-corrected chi connectivity index (χ4v) is 4.36. The van der Waals surface area contributed by atoms with E-state index in [9.17, 15) is 14.7 Å². The number of aromatic hydroxyl groups is 1. The Morgan fingerprint density at radius 1 is 1.19 bits per heavy atom. The number of hydrogen-bond acceptors (Lipinski definition) is 6. The molecule has 4 rings (SSSR count). The van der Waals surface area contributed by atoms with Gasteiger partial charge in [-0.2, -0.15) is 5.10 Å². The van der Waals surface area contributed by atoms with E-state index in [-0.39, 0.29) is 11.3 Å². The molecule has 1 spiro atoms. The normalized spacial score (nSPS) is 18.0. The van der Waals surface area contributed by atoms with E-state index < -0.39 is 11.7 Å². The fraction of sp³-hybridized carbons (Fsp3) is 0.292. The largest absolute Gasteiger partial charge is 0.504 e. The molecule has 1 fully saturated rings. The maximum absolute atomic E-state index is 12.6. The van der Waals surface area contributed by atoms with E-state index >= 15 is 0 Å². The third-order valence-corrected chi connectivity index (χ3v) is 5.88. The number of ether oxygens (including phenoxy) is 1. The van der Waals surface area contributed by atoms with Gasteiger partial charge in [0, 0.05) is 22.9 Å². The highest BCUT2D eigenvalue weighted by Gasteiger charge is 2.38. The van der Waals surface area contributed by atoms with Gasteiger partial charge in [0.05, 0.1) is 13.3 Å². The van der Waals surface area contributed by atoms with E-state index in [1.807, 2.05) is 18.2 Å². The number of carbonyl (C=O) groups excluding carboxylic acids is 2. The second-order valence-corrected chi connectivity index (χ2v) is 8.00. The number of nitrogens with zero attached hydrogens (tertiary/aromatic N) is 1. The minimum absolute atomic E-state index is 0.00536. The molecule has 1 aliphatic carbocycles. The first-order chi connectivity index (χ1) is 15.0. The fourth-order valence-electron chi connectivity index (χ4n) is 4.36. The molecule has 0 aromatic heterocycles. The van der Waals surface area contributed by atoms with E-state index in [0.717, 1.165) is 37.7 Å². The van der Waals surface area contributed by atoms with Gasteiger partial charge in [-0.25, -0.2) is 5.43 Å². The Morgan fingerprint density at radius 2 is 1.97 bits per heavy atom. The van der Waals surface area contributed by atoms with Crippen LogP contribution in [0.1, 0.15) is 42.4 Å². The summed E-state index contributed by atoms with van der Waals surface area (Å²) in [5.74, 6) is -1.20. The minimum atomic E-state index is -0.820. The van der Waals surface area contributed by atoms with Crippen molar-refractivity contribution in [3.05, 3.63) is 65.2 Å². The molecule has 0 bridgehead atoms. The number of phenols is 1. The summed E-state index contributed by atoms with van der Waals surface area (Å²) in [6.07, 6.45) is 8.11. The van der Waals surface area contributed by atoms with Crippen LogP contribution in [0.25, 0.3) is 5.70 Å². The number of phenolic OH excluding ortho intramolecular Hbond substituents is 1. The molecular formula is C24H25N3O4. The van der Waals surface area contributed by atoms with E-state index in [1.165, 1.54) is 31.0 Å². The molecule has 7 nitrogen and oxygen atoms in total. The molecule has 2 aliphatic rings. The maximum atomic E-state index is 12.6. The number of hydrogen-bond donors (Lipinski definition) is 3. The molecule has 0 unspecified atom stereocenters. The lowest BCUT2D eigenvalue weighted by molar-refractivity contribution is -0.135. The van der Waals surface area contributed by atoms with E-state index in [0.29, 0.717) is 17.0 Å². The van der Waals surface area contributed by atoms with Crippen LogP contribution in [0.3, 0.4) is 0 Å². The summed E-state index contributed by atoms with van der Waals surface area (Å²) in [5, 5.41) is 17.0. The molecule has 1 saturated carbocycles. The van der Waals surface area contributed by atoms with Crippen molar-refractivity contribution in [2.75, 3.05) is 7.11 Å². The van der Waals surface area contributed by atoms with E-state index in [4.69, 9.17) is 4.74 Å². The lowest BCUT2D eigenvalue weighted by Gasteiger charge is -2.38. The number of methoxy groups -OCH3 is 1. The Bertz CT molecular complexity index is 1070. The first-order valence-electron chi connectivity index (χ1n) is 10.3. The number of nitrogens with one attached hydrogen (secondary N) is 2. The molecule has 1 heterocycles. The summed E-state index contributed by atoms with van der Waals surface area (Å²) in [7, 11) is 1.44. The van der Waals surface area contributed by atoms with Gasteiger partial charge in [-0.15, -0.1) is 0 Å². The minimum Gasteiger partial charge on any atom is -0.504 e. The zero-order chi connectivity index (χ0) is 21.8. The number of amides is 1. The van der Waals surface area contributed by atoms with Crippen molar-refractivity contribution < 1.29 is 19.4 Å². The van der Waals surface area contributed by atoms with Crippen molar-refractivity contribution in [3.8, 4) is 11.5 Å². The van der Waals surface area contributed by atoms with Gasteiger partial charge in [0.1, 0.15) is 0 Å². The zero-order valence-electron chi connectivity index (χ0n) is 17.4. The summed E-state index contributed by atoms with van der Waals surface area (Å²) in [6, 6.07) is 12.6. The van der Waals surface area contributed by atoms with Gasteiger partial charge in [-0.3, -0.25) is 9.59 Å². The van der Waals surface area contributed by atoms with Crippen molar-refractivity contribution in [1.29, 1.82) is 0 Å². The molecule has 7 heteroatoms. The van der Waals surface area contributed by atoms with Crippen LogP contribution in [0.15, 0.2) is 53.6 Å². The summed E-state index contributed by atoms with van der Waals surface area (Å²) in [4.78, 5) is 24.9. The average Bonchev–Trinajstić information content (AvgIpc) is 3.21. The lowest BCUT2D eigenvalue weighted by Crippen LogP contribution is -2.47. The molecule has 31 heavy (non-hydrogen) atoms. The van der Waals surface area contributed by atoms with Gasteiger partial charge in [-0.05, 0) is 48.6 Å². The van der Waals surface area contributed by atoms with Crippen LogP contribution < -0.4 is 15.5 Å². The highest BCUT2D eigenvalue weighted by molar-refractivity contribution is 6.41. The number of fused-ring (bicyclic) bond motifs is 1. The molecule has 0 atom stereocenters. The highest BCUT2D eigenvalue weighted by Crippen LogP contribution is 2.39. The molecule has 2 aromatic carbocycles. The Balaban J connectivity index is 1.48. The standard InChI is InChI=1S/C24H25N3O4/c1-31-22-12-16(8-9-20(22)28)15-25-27-23(30)21(29)13-19-18-7-3-2-6-17(18)14-24(26-19)10-4-5-11-24/h2-3,6-9,12-13,15,26,28H,4-5,10-11,14H2,1H3,(H,27,30)/b19-13-,25-15?. The summed E-state index contributed by atoms with van der Waals surface area (Å²) in [5.41, 5.74) is 5.68. The van der Waals surface area contributed by atoms with Gasteiger partial charge in [0.25, 0.3) is 0 Å². The molecular weight excluding hydrogens is 394 g/mol. The van der Waals surface area contributed by atoms with E-state index in [2.05, 4.69) is 21.9 Å². The summed E-state index contributed by atoms with van der Waals surface area (Å²) < 4.78 is 5.04. The van der Waals surface area contributed by atoms with Crippen molar-refractivity contribution in [3.63, 3.8) is 0 Å². The predicted octanol–water partition coefficient (Wildman–Crippen LogP) is 2.92. The third-order valence-electron chi connectivity index (χ3n) is 5.88. The summed E-state index contributed by atoms with van der Waals surface area (Å²) in [6.45, 7) is 0. The highest BCUT2D eigenvalue weighted by atomic mass is 16.5. The Kier molecular flexibility index (Phi) is 5.75. The predicted molar refractivity (Wildman–Crippen MR) is 118 cm³/mol. The molecule has 2 aromatic rings. The van der Waals surface area contributed by atoms with Crippen LogP contribution in [-0.4, -0.2) is 35.7 Å². The second kappa shape index (κ2) is 8.63. The monoisotopic (exact) mass is 419 g/mol. The number of ketones is 1. The molecule has 3 N–H and O–H groups in total. The van der Waals surface area contributed by atoms with Gasteiger partial charge < -0.3 is 15.2 Å². The van der Waals surface area contributed by atoms with Crippen LogP contribution in [0.2, 0.25) is 0 Å². The average molecular weight is 419 g/mol. The molecule has 1 amide bonds. The van der Waals surface area contributed by atoms with Crippen LogP contribution >= 0.6 is 0 Å². The molecule has 0 saturated heterocycles. The number of hydrazone groups is 1. The zero-order valence-corrected chi connectivity index (χ0v) is 17.4. The molecule has 160 valence electrons. The SMILES string of the molecule is COc1cc(C=NNC(=O)C(=O)/C=C2\NC3(CCCC3)Cc3ccccc32)ccc1O. The van der Waals surface area contributed by atoms with Gasteiger partial charge in [0.15, 0.2) is 11.5 Å². The van der Waals surface area contributed by atoms with Crippen molar-refractivity contribution >= 4 is 23.6 Å². The Labute approximate surface area is 180 Å². The molecule has 1 aliphatic heterocycles. The van der Waals surface area contributed by atoms with Gasteiger partial charge >= 0.3 is 5.91 Å². The van der Waals surface area contributed by atoms with Gasteiger partial charge in [-0.1, -0.05) is 37.1 Å². The first-order valence-corrected chi connectivity index (χ1v) is 10.3. The van der Waals surface area contributed by atoms with E-state index in [1.54, 1.807) is 12.1 Å². The first kappa shape index (κ1) is 20.7.